The number of rotatable bonds is 8. The maximum Gasteiger partial charge on any atom is 0.174 e. The van der Waals surface area contributed by atoms with E-state index in [2.05, 4.69) is 70.8 Å². The third-order valence-corrected chi connectivity index (χ3v) is 5.12. The molecule has 0 unspecified atom stereocenters. The van der Waals surface area contributed by atoms with Crippen LogP contribution in [-0.2, 0) is 5.41 Å². The molecule has 3 aromatic rings. The van der Waals surface area contributed by atoms with Crippen LogP contribution >= 0.6 is 22.6 Å². The molecule has 0 spiro atoms. The molecule has 0 aliphatic carbocycles. The first kappa shape index (κ1) is 22.1. The quantitative estimate of drug-likeness (QED) is 0.248. The van der Waals surface area contributed by atoms with Crippen LogP contribution in [0.25, 0.3) is 0 Å². The molecule has 0 bridgehead atoms. The molecule has 0 radical (unpaired) electrons. The number of halogens is 1. The van der Waals surface area contributed by atoms with Crippen molar-refractivity contribution in [1.82, 2.24) is 14.9 Å². The smallest absolute Gasteiger partial charge is 0.174 e. The van der Waals surface area contributed by atoms with Crippen molar-refractivity contribution in [3.63, 3.8) is 0 Å². The number of ether oxygens (including phenoxy) is 3. The Kier molecular flexibility index (Phi) is 7.30. The molecular weight excluding hydrogens is 495 g/mol. The summed E-state index contributed by atoms with van der Waals surface area (Å²) in [7, 11) is 1.62. The van der Waals surface area contributed by atoms with Crippen LogP contribution in [0.5, 0.6) is 17.2 Å². The second kappa shape index (κ2) is 9.92. The fourth-order valence-electron chi connectivity index (χ4n) is 2.70. The lowest BCUT2D eigenvalue weighted by Gasteiger charge is -2.19. The highest BCUT2D eigenvalue weighted by molar-refractivity contribution is 14.1. The van der Waals surface area contributed by atoms with Gasteiger partial charge in [0.15, 0.2) is 11.5 Å². The lowest BCUT2D eigenvalue weighted by Crippen LogP contribution is -2.12. The van der Waals surface area contributed by atoms with Gasteiger partial charge in [0.1, 0.15) is 31.6 Å². The molecule has 2 aromatic carbocycles. The zero-order chi connectivity index (χ0) is 21.6. The van der Waals surface area contributed by atoms with Gasteiger partial charge in [-0.3, -0.25) is 0 Å². The van der Waals surface area contributed by atoms with Crippen molar-refractivity contribution < 1.29 is 14.2 Å². The molecule has 1 aromatic heterocycles. The predicted octanol–water partition coefficient (Wildman–Crippen LogP) is 4.53. The zero-order valence-electron chi connectivity index (χ0n) is 17.5. The fraction of sp³-hybridized carbons (Fsp3) is 0.318. The highest BCUT2D eigenvalue weighted by atomic mass is 127. The van der Waals surface area contributed by atoms with Crippen LogP contribution in [0.4, 0.5) is 0 Å². The van der Waals surface area contributed by atoms with Crippen LogP contribution in [0, 0.1) is 3.57 Å². The van der Waals surface area contributed by atoms with Gasteiger partial charge in [-0.1, -0.05) is 32.9 Å². The minimum Gasteiger partial charge on any atom is -0.493 e. The van der Waals surface area contributed by atoms with Crippen molar-refractivity contribution in [2.75, 3.05) is 20.3 Å². The maximum absolute atomic E-state index is 5.94. The van der Waals surface area contributed by atoms with Gasteiger partial charge >= 0.3 is 0 Å². The average molecular weight is 520 g/mol. The molecule has 7 nitrogen and oxygen atoms in total. The zero-order valence-corrected chi connectivity index (χ0v) is 19.7. The van der Waals surface area contributed by atoms with Crippen molar-refractivity contribution >= 4 is 28.8 Å². The summed E-state index contributed by atoms with van der Waals surface area (Å²) in [6, 6.07) is 12.0. The highest BCUT2D eigenvalue weighted by Gasteiger charge is 2.13. The SMILES string of the molecule is COc1cc(/C=N/n2cnnc2)cc(I)c1OCCOc1ccc(C(C)(C)C)cc1. The molecular formula is C22H25IN4O3. The van der Waals surface area contributed by atoms with E-state index in [0.717, 1.165) is 14.9 Å². The van der Waals surface area contributed by atoms with E-state index in [0.29, 0.717) is 24.7 Å². The van der Waals surface area contributed by atoms with Crippen molar-refractivity contribution in [3.05, 3.63) is 63.7 Å². The van der Waals surface area contributed by atoms with Crippen LogP contribution in [0.3, 0.4) is 0 Å². The number of benzene rings is 2. The molecule has 0 atom stereocenters. The lowest BCUT2D eigenvalue weighted by atomic mass is 9.87. The van der Waals surface area contributed by atoms with Crippen LogP contribution < -0.4 is 14.2 Å². The number of hydrogen-bond donors (Lipinski definition) is 0. The number of hydrogen-bond acceptors (Lipinski definition) is 6. The molecule has 0 amide bonds. The second-order valence-corrected chi connectivity index (χ2v) is 8.75. The van der Waals surface area contributed by atoms with E-state index in [9.17, 15) is 0 Å². The summed E-state index contributed by atoms with van der Waals surface area (Å²) in [5.41, 5.74) is 2.28. The predicted molar refractivity (Wildman–Crippen MR) is 125 cm³/mol. The molecule has 1 heterocycles. The maximum atomic E-state index is 5.94. The Morgan fingerprint density at radius 2 is 1.70 bits per heavy atom. The van der Waals surface area contributed by atoms with Gasteiger partial charge in [-0.05, 0) is 63.4 Å². The number of nitrogens with zero attached hydrogens (tertiary/aromatic N) is 4. The Hall–Kier alpha value is -2.62. The molecule has 30 heavy (non-hydrogen) atoms. The van der Waals surface area contributed by atoms with Gasteiger partial charge in [0.2, 0.25) is 0 Å². The van der Waals surface area contributed by atoms with Crippen LogP contribution in [0.2, 0.25) is 0 Å². The summed E-state index contributed by atoms with van der Waals surface area (Å²) in [5.74, 6) is 2.15. The third kappa shape index (κ3) is 5.94. The van der Waals surface area contributed by atoms with Crippen LogP contribution in [0.1, 0.15) is 31.9 Å². The largest absolute Gasteiger partial charge is 0.493 e. The minimum atomic E-state index is 0.126. The third-order valence-electron chi connectivity index (χ3n) is 4.32. The number of methoxy groups -OCH3 is 1. The monoisotopic (exact) mass is 520 g/mol. The van der Waals surface area contributed by atoms with Crippen molar-refractivity contribution in [3.8, 4) is 17.2 Å². The Balaban J connectivity index is 1.58. The van der Waals surface area contributed by atoms with Gasteiger partial charge in [-0.15, -0.1) is 10.2 Å². The van der Waals surface area contributed by atoms with E-state index in [-0.39, 0.29) is 5.41 Å². The van der Waals surface area contributed by atoms with E-state index in [1.165, 1.54) is 22.9 Å². The Labute approximate surface area is 190 Å². The summed E-state index contributed by atoms with van der Waals surface area (Å²) >= 11 is 2.22. The summed E-state index contributed by atoms with van der Waals surface area (Å²) < 4.78 is 19.7. The van der Waals surface area contributed by atoms with Gasteiger partial charge in [-0.25, -0.2) is 4.68 Å². The van der Waals surface area contributed by atoms with Gasteiger partial charge < -0.3 is 14.2 Å². The molecule has 0 N–H and O–H groups in total. The average Bonchev–Trinajstić information content (AvgIpc) is 3.23. The molecule has 158 valence electrons. The molecule has 8 heteroatoms. The first-order valence-corrected chi connectivity index (χ1v) is 10.6. The molecule has 0 saturated heterocycles. The standard InChI is InChI=1S/C22H25IN4O3/c1-22(2,3)17-5-7-18(8-6-17)29-9-10-30-21-19(23)11-16(12-20(21)28-4)13-26-27-14-24-25-15-27/h5-8,11-15H,9-10H2,1-4H3/b26-13+. The Morgan fingerprint density at radius 3 is 2.33 bits per heavy atom. The highest BCUT2D eigenvalue weighted by Crippen LogP contribution is 2.33. The Bertz CT molecular complexity index is 981. The van der Waals surface area contributed by atoms with Crippen molar-refractivity contribution in [2.45, 2.75) is 26.2 Å². The van der Waals surface area contributed by atoms with E-state index >= 15 is 0 Å². The molecule has 0 fully saturated rings. The summed E-state index contributed by atoms with van der Waals surface area (Å²) in [6.45, 7) is 7.42. The molecule has 3 rings (SSSR count). The van der Waals surface area contributed by atoms with Crippen LogP contribution in [0.15, 0.2) is 54.2 Å². The second-order valence-electron chi connectivity index (χ2n) is 7.59. The van der Waals surface area contributed by atoms with Crippen LogP contribution in [-0.4, -0.2) is 41.4 Å². The molecule has 0 saturated carbocycles. The topological polar surface area (TPSA) is 70.8 Å². The van der Waals surface area contributed by atoms with E-state index < -0.39 is 0 Å². The van der Waals surface area contributed by atoms with Gasteiger partial charge in [0.05, 0.1) is 16.9 Å². The Morgan fingerprint density at radius 1 is 1.03 bits per heavy atom. The first-order valence-electron chi connectivity index (χ1n) is 9.49. The summed E-state index contributed by atoms with van der Waals surface area (Å²) in [6.07, 6.45) is 4.75. The first-order chi connectivity index (χ1) is 14.4. The van der Waals surface area contributed by atoms with Gasteiger partial charge in [0.25, 0.3) is 0 Å². The molecule has 0 aliphatic heterocycles. The minimum absolute atomic E-state index is 0.126. The van der Waals surface area contributed by atoms with Gasteiger partial charge in [0, 0.05) is 0 Å². The lowest BCUT2D eigenvalue weighted by molar-refractivity contribution is 0.210. The fourth-order valence-corrected chi connectivity index (χ4v) is 3.48. The van der Waals surface area contributed by atoms with Gasteiger partial charge in [-0.2, -0.15) is 5.10 Å². The van der Waals surface area contributed by atoms with E-state index in [1.807, 2.05) is 24.3 Å². The number of aromatic nitrogens is 3. The van der Waals surface area contributed by atoms with Crippen molar-refractivity contribution in [1.29, 1.82) is 0 Å². The summed E-state index contributed by atoms with van der Waals surface area (Å²) in [5, 5.41) is 11.7. The summed E-state index contributed by atoms with van der Waals surface area (Å²) in [4.78, 5) is 0. The van der Waals surface area contributed by atoms with E-state index in [1.54, 1.807) is 13.3 Å². The normalized spacial score (nSPS) is 11.6. The molecule has 0 aliphatic rings. The van der Waals surface area contributed by atoms with Crippen molar-refractivity contribution in [2.24, 2.45) is 5.10 Å². The van der Waals surface area contributed by atoms with E-state index in [4.69, 9.17) is 14.2 Å².